The Balaban J connectivity index is 2.11. The lowest BCUT2D eigenvalue weighted by Gasteiger charge is -2.24. The summed E-state index contributed by atoms with van der Waals surface area (Å²) < 4.78 is 43.0. The molecule has 1 saturated heterocycles. The van der Waals surface area contributed by atoms with Crippen LogP contribution in [-0.4, -0.2) is 33.6 Å². The molecule has 2 aromatic rings. The first kappa shape index (κ1) is 13.7. The molecule has 0 atom stereocenters. The minimum absolute atomic E-state index is 0.150. The molecule has 4 nitrogen and oxygen atoms in total. The Labute approximate surface area is 121 Å². The van der Waals surface area contributed by atoms with Crippen LogP contribution in [0.5, 0.6) is 0 Å². The predicted octanol–water partition coefficient (Wildman–Crippen LogP) is 3.11. The van der Waals surface area contributed by atoms with Gasteiger partial charge in [-0.25, -0.2) is 18.3 Å². The normalized spacial score (nSPS) is 20.8. The second-order valence-electron chi connectivity index (χ2n) is 5.61. The van der Waals surface area contributed by atoms with Gasteiger partial charge in [0, 0.05) is 18.0 Å². The summed E-state index contributed by atoms with van der Waals surface area (Å²) in [5.74, 6) is -3.15. The average molecular weight is 349 g/mol. The number of hydrogen-bond donors (Lipinski definition) is 0. The van der Waals surface area contributed by atoms with E-state index in [-0.39, 0.29) is 6.54 Å². The molecule has 1 fully saturated rings. The third kappa shape index (κ3) is 1.88. The SMILES string of the molecule is CC1(C)CN(c2ncc(F)n3nc(Br)cc23)CC1(F)F. The lowest BCUT2D eigenvalue weighted by atomic mass is 9.89. The Morgan fingerprint density at radius 3 is 2.60 bits per heavy atom. The Kier molecular flexibility index (Phi) is 2.80. The third-order valence-corrected chi connectivity index (χ3v) is 4.06. The Morgan fingerprint density at radius 1 is 1.30 bits per heavy atom. The van der Waals surface area contributed by atoms with Crippen LogP contribution in [0, 0.1) is 11.4 Å². The van der Waals surface area contributed by atoms with Crippen molar-refractivity contribution < 1.29 is 13.2 Å². The number of alkyl halides is 2. The van der Waals surface area contributed by atoms with Gasteiger partial charge in [-0.3, -0.25) is 0 Å². The fraction of sp³-hybridized carbons (Fsp3) is 0.500. The molecular formula is C12H12BrF3N4. The summed E-state index contributed by atoms with van der Waals surface area (Å²) in [5.41, 5.74) is -0.789. The molecule has 1 aliphatic heterocycles. The van der Waals surface area contributed by atoms with Crippen molar-refractivity contribution in [2.75, 3.05) is 18.0 Å². The molecule has 3 rings (SSSR count). The van der Waals surface area contributed by atoms with Crippen molar-refractivity contribution in [1.82, 2.24) is 14.6 Å². The van der Waals surface area contributed by atoms with Crippen molar-refractivity contribution >= 4 is 27.3 Å². The summed E-state index contributed by atoms with van der Waals surface area (Å²) in [5, 5.41) is 3.92. The van der Waals surface area contributed by atoms with Crippen molar-refractivity contribution in [2.24, 2.45) is 5.41 Å². The van der Waals surface area contributed by atoms with Crippen molar-refractivity contribution in [1.29, 1.82) is 0 Å². The van der Waals surface area contributed by atoms with Gasteiger partial charge in [-0.2, -0.15) is 9.49 Å². The fourth-order valence-corrected chi connectivity index (χ4v) is 2.78. The molecule has 0 radical (unpaired) electrons. The van der Waals surface area contributed by atoms with Crippen molar-refractivity contribution in [2.45, 2.75) is 19.8 Å². The second kappa shape index (κ2) is 4.09. The van der Waals surface area contributed by atoms with Gasteiger partial charge in [-0.05, 0) is 15.9 Å². The number of fused-ring (bicyclic) bond motifs is 1. The van der Waals surface area contributed by atoms with E-state index in [4.69, 9.17) is 0 Å². The average Bonchev–Trinajstić information content (AvgIpc) is 2.78. The number of anilines is 1. The monoisotopic (exact) mass is 348 g/mol. The topological polar surface area (TPSA) is 33.4 Å². The summed E-state index contributed by atoms with van der Waals surface area (Å²) in [7, 11) is 0. The minimum atomic E-state index is -2.82. The van der Waals surface area contributed by atoms with Gasteiger partial charge < -0.3 is 4.90 Å². The van der Waals surface area contributed by atoms with E-state index in [0.717, 1.165) is 10.7 Å². The first-order valence-corrected chi connectivity index (χ1v) is 6.83. The molecule has 0 aromatic carbocycles. The highest BCUT2D eigenvalue weighted by Gasteiger charge is 2.54. The van der Waals surface area contributed by atoms with E-state index in [2.05, 4.69) is 26.0 Å². The Bertz CT molecular complexity index is 667. The Hall–Kier alpha value is -1.31. The zero-order valence-corrected chi connectivity index (χ0v) is 12.5. The summed E-state index contributed by atoms with van der Waals surface area (Å²) in [4.78, 5) is 5.44. The van der Waals surface area contributed by atoms with E-state index >= 15 is 0 Å². The van der Waals surface area contributed by atoms with E-state index in [1.807, 2.05) is 0 Å². The first-order valence-electron chi connectivity index (χ1n) is 6.04. The predicted molar refractivity (Wildman–Crippen MR) is 71.6 cm³/mol. The number of nitrogens with zero attached hydrogens (tertiary/aromatic N) is 4. The van der Waals surface area contributed by atoms with Gasteiger partial charge in [0.25, 0.3) is 5.92 Å². The van der Waals surface area contributed by atoms with Crippen LogP contribution in [0.1, 0.15) is 13.8 Å². The highest BCUT2D eigenvalue weighted by Crippen LogP contribution is 2.44. The number of rotatable bonds is 1. The van der Waals surface area contributed by atoms with Crippen LogP contribution < -0.4 is 4.90 Å². The van der Waals surface area contributed by atoms with Crippen LogP contribution in [0.3, 0.4) is 0 Å². The standard InChI is InChI=1S/C12H12BrF3N4/c1-11(2)5-19(6-12(11,15)16)10-7-3-8(13)18-20(7)9(14)4-17-10/h3-4H,5-6H2,1-2H3. The zero-order chi connectivity index (χ0) is 14.7. The summed E-state index contributed by atoms with van der Waals surface area (Å²) in [6.45, 7) is 2.74. The molecule has 0 N–H and O–H groups in total. The van der Waals surface area contributed by atoms with Gasteiger partial charge in [-0.1, -0.05) is 13.8 Å². The molecular weight excluding hydrogens is 337 g/mol. The first-order chi connectivity index (χ1) is 9.21. The van der Waals surface area contributed by atoms with Gasteiger partial charge in [0.05, 0.1) is 12.7 Å². The van der Waals surface area contributed by atoms with Crippen LogP contribution in [0.2, 0.25) is 0 Å². The maximum atomic E-state index is 14.0. The van der Waals surface area contributed by atoms with Gasteiger partial charge in [0.15, 0.2) is 5.82 Å². The third-order valence-electron chi connectivity index (χ3n) is 3.67. The summed E-state index contributed by atoms with van der Waals surface area (Å²) >= 11 is 3.15. The lowest BCUT2D eigenvalue weighted by Crippen LogP contribution is -2.34. The van der Waals surface area contributed by atoms with Crippen molar-refractivity contribution in [3.8, 4) is 0 Å². The smallest absolute Gasteiger partial charge is 0.271 e. The van der Waals surface area contributed by atoms with Crippen molar-refractivity contribution in [3.05, 3.63) is 22.8 Å². The van der Waals surface area contributed by atoms with Gasteiger partial charge in [0.2, 0.25) is 5.95 Å². The van der Waals surface area contributed by atoms with Gasteiger partial charge >= 0.3 is 0 Å². The molecule has 0 unspecified atom stereocenters. The highest BCUT2D eigenvalue weighted by atomic mass is 79.9. The van der Waals surface area contributed by atoms with Crippen LogP contribution >= 0.6 is 15.9 Å². The fourth-order valence-electron chi connectivity index (χ4n) is 2.41. The molecule has 0 bridgehead atoms. The van der Waals surface area contributed by atoms with Crippen LogP contribution in [-0.2, 0) is 0 Å². The molecule has 108 valence electrons. The number of hydrogen-bond acceptors (Lipinski definition) is 3. The molecule has 1 aliphatic rings. The molecule has 3 heterocycles. The quantitative estimate of drug-likeness (QED) is 0.793. The Morgan fingerprint density at radius 2 is 2.00 bits per heavy atom. The molecule has 8 heteroatoms. The molecule has 0 saturated carbocycles. The minimum Gasteiger partial charge on any atom is -0.348 e. The van der Waals surface area contributed by atoms with E-state index in [1.54, 1.807) is 6.07 Å². The summed E-state index contributed by atoms with van der Waals surface area (Å²) in [6.07, 6.45) is 0.991. The van der Waals surface area contributed by atoms with Crippen LogP contribution in [0.25, 0.3) is 5.52 Å². The van der Waals surface area contributed by atoms with E-state index in [0.29, 0.717) is 15.9 Å². The van der Waals surface area contributed by atoms with Gasteiger partial charge in [-0.15, -0.1) is 0 Å². The number of halogens is 4. The molecule has 20 heavy (non-hydrogen) atoms. The van der Waals surface area contributed by atoms with E-state index in [1.165, 1.54) is 18.7 Å². The van der Waals surface area contributed by atoms with E-state index in [9.17, 15) is 13.2 Å². The van der Waals surface area contributed by atoms with Gasteiger partial charge in [0.1, 0.15) is 10.1 Å². The molecule has 0 amide bonds. The van der Waals surface area contributed by atoms with Crippen molar-refractivity contribution in [3.63, 3.8) is 0 Å². The van der Waals surface area contributed by atoms with Crippen LogP contribution in [0.4, 0.5) is 19.0 Å². The maximum Gasteiger partial charge on any atom is 0.271 e. The summed E-state index contributed by atoms with van der Waals surface area (Å²) in [6, 6.07) is 1.56. The molecule has 0 aliphatic carbocycles. The second-order valence-corrected chi connectivity index (χ2v) is 6.43. The lowest BCUT2D eigenvalue weighted by molar-refractivity contribution is -0.0642. The highest BCUT2D eigenvalue weighted by molar-refractivity contribution is 9.10. The number of aromatic nitrogens is 3. The maximum absolute atomic E-state index is 14.0. The largest absolute Gasteiger partial charge is 0.348 e. The molecule has 2 aromatic heterocycles. The van der Waals surface area contributed by atoms with E-state index < -0.39 is 23.8 Å². The zero-order valence-electron chi connectivity index (χ0n) is 10.9. The molecule has 0 spiro atoms. The van der Waals surface area contributed by atoms with Crippen LogP contribution in [0.15, 0.2) is 16.9 Å².